The number of nitrogens with one attached hydrogen (secondary N) is 1. The molecule has 2 aromatic rings. The fraction of sp³-hybridized carbons (Fsp3) is 0.273. The third-order valence-electron chi connectivity index (χ3n) is 2.27. The van der Waals surface area contributed by atoms with Crippen molar-refractivity contribution in [1.82, 2.24) is 9.97 Å². The van der Waals surface area contributed by atoms with E-state index in [1.807, 2.05) is 6.92 Å². The number of hydrogen-bond acceptors (Lipinski definition) is 6. The predicted molar refractivity (Wildman–Crippen MR) is 73.2 cm³/mol. The van der Waals surface area contributed by atoms with E-state index < -0.39 is 10.0 Å². The van der Waals surface area contributed by atoms with Crippen molar-refractivity contribution < 1.29 is 13.2 Å². The zero-order chi connectivity index (χ0) is 14.0. The number of ether oxygens (including phenoxy) is 1. The third-order valence-corrected chi connectivity index (χ3v) is 5.10. The molecular weight excluding hydrogens is 286 g/mol. The summed E-state index contributed by atoms with van der Waals surface area (Å²) >= 11 is 1.19. The van der Waals surface area contributed by atoms with Crippen LogP contribution in [-0.4, -0.2) is 25.5 Å². The first-order valence-electron chi connectivity index (χ1n) is 5.39. The number of aromatic nitrogens is 2. The molecule has 2 heterocycles. The molecule has 0 amide bonds. The van der Waals surface area contributed by atoms with E-state index in [0.29, 0.717) is 5.69 Å². The SMILES string of the molecule is COc1nc(C)cnc1NS(=O)(=O)c1ccc(C)s1. The molecule has 1 N–H and O–H groups in total. The second-order valence-corrected chi connectivity index (χ2v) is 7.04. The number of rotatable bonds is 4. The van der Waals surface area contributed by atoms with E-state index in [2.05, 4.69) is 14.7 Å². The van der Waals surface area contributed by atoms with Crippen molar-refractivity contribution in [3.8, 4) is 5.88 Å². The summed E-state index contributed by atoms with van der Waals surface area (Å²) in [5.41, 5.74) is 0.645. The van der Waals surface area contributed by atoms with Crippen molar-refractivity contribution in [2.24, 2.45) is 0 Å². The molecule has 2 aromatic heterocycles. The van der Waals surface area contributed by atoms with Crippen LogP contribution >= 0.6 is 11.3 Å². The Balaban J connectivity index is 2.35. The topological polar surface area (TPSA) is 81.2 Å². The molecule has 0 aliphatic carbocycles. The highest BCUT2D eigenvalue weighted by molar-refractivity contribution is 7.94. The summed E-state index contributed by atoms with van der Waals surface area (Å²) in [6, 6.07) is 3.30. The number of methoxy groups -OCH3 is 1. The normalized spacial score (nSPS) is 11.3. The van der Waals surface area contributed by atoms with Crippen molar-refractivity contribution in [2.75, 3.05) is 11.8 Å². The number of aryl methyl sites for hydroxylation is 2. The molecule has 0 unspecified atom stereocenters. The zero-order valence-corrected chi connectivity index (χ0v) is 12.3. The largest absolute Gasteiger partial charge is 0.478 e. The Morgan fingerprint density at radius 1 is 1.32 bits per heavy atom. The summed E-state index contributed by atoms with van der Waals surface area (Å²) in [5.74, 6) is 0.232. The van der Waals surface area contributed by atoms with Crippen molar-refractivity contribution in [3.63, 3.8) is 0 Å². The minimum Gasteiger partial charge on any atom is -0.478 e. The molecule has 0 aromatic carbocycles. The van der Waals surface area contributed by atoms with Crippen LogP contribution in [0.5, 0.6) is 5.88 Å². The zero-order valence-electron chi connectivity index (χ0n) is 10.7. The summed E-state index contributed by atoms with van der Waals surface area (Å²) in [6.45, 7) is 3.59. The first-order valence-corrected chi connectivity index (χ1v) is 7.69. The van der Waals surface area contributed by atoms with Gasteiger partial charge in [-0.3, -0.25) is 4.72 Å². The number of anilines is 1. The molecule has 0 saturated carbocycles. The van der Waals surface area contributed by atoms with Gasteiger partial charge in [0, 0.05) is 4.88 Å². The first kappa shape index (κ1) is 13.8. The van der Waals surface area contributed by atoms with E-state index in [1.165, 1.54) is 24.6 Å². The lowest BCUT2D eigenvalue weighted by Gasteiger charge is -2.09. The molecule has 6 nitrogen and oxygen atoms in total. The highest BCUT2D eigenvalue weighted by atomic mass is 32.2. The Morgan fingerprint density at radius 3 is 2.63 bits per heavy atom. The van der Waals surface area contributed by atoms with Gasteiger partial charge in [-0.15, -0.1) is 11.3 Å². The maximum Gasteiger partial charge on any atom is 0.272 e. The highest BCUT2D eigenvalue weighted by Gasteiger charge is 2.19. The lowest BCUT2D eigenvalue weighted by atomic mass is 10.5. The second kappa shape index (κ2) is 5.14. The monoisotopic (exact) mass is 299 g/mol. The summed E-state index contributed by atoms with van der Waals surface area (Å²) in [6.07, 6.45) is 1.47. The van der Waals surface area contributed by atoms with Gasteiger partial charge in [0.15, 0.2) is 0 Å². The van der Waals surface area contributed by atoms with Gasteiger partial charge in [-0.25, -0.2) is 18.4 Å². The van der Waals surface area contributed by atoms with Crippen LogP contribution in [0.1, 0.15) is 10.6 Å². The molecule has 0 spiro atoms. The number of thiophene rings is 1. The molecule has 0 fully saturated rings. The second-order valence-electron chi connectivity index (χ2n) is 3.84. The summed E-state index contributed by atoms with van der Waals surface area (Å²) in [4.78, 5) is 8.98. The van der Waals surface area contributed by atoms with E-state index in [0.717, 1.165) is 4.88 Å². The maximum atomic E-state index is 12.1. The molecular formula is C11H13N3O3S2. The van der Waals surface area contributed by atoms with Crippen LogP contribution in [0.2, 0.25) is 0 Å². The third kappa shape index (κ3) is 3.02. The van der Waals surface area contributed by atoms with Crippen LogP contribution in [0.25, 0.3) is 0 Å². The van der Waals surface area contributed by atoms with E-state index in [1.54, 1.807) is 19.1 Å². The van der Waals surface area contributed by atoms with Crippen LogP contribution in [0.3, 0.4) is 0 Å². The van der Waals surface area contributed by atoms with Crippen molar-refractivity contribution in [2.45, 2.75) is 18.1 Å². The quantitative estimate of drug-likeness (QED) is 0.933. The average molecular weight is 299 g/mol. The summed E-state index contributed by atoms with van der Waals surface area (Å²) in [7, 11) is -2.24. The molecule has 8 heteroatoms. The van der Waals surface area contributed by atoms with Crippen LogP contribution in [0.15, 0.2) is 22.5 Å². The Hall–Kier alpha value is -1.67. The average Bonchev–Trinajstić information content (AvgIpc) is 2.79. The van der Waals surface area contributed by atoms with Crippen LogP contribution in [0.4, 0.5) is 5.82 Å². The van der Waals surface area contributed by atoms with Crippen molar-refractivity contribution in [1.29, 1.82) is 0 Å². The first-order chi connectivity index (χ1) is 8.92. The standard InChI is InChI=1S/C11H13N3O3S2/c1-7-6-12-10(11(13-7)17-3)14-19(15,16)9-5-4-8(2)18-9/h4-6H,1-3H3,(H,12,14). The Bertz CT molecular complexity index is 695. The van der Waals surface area contributed by atoms with Gasteiger partial charge in [0.25, 0.3) is 15.9 Å². The van der Waals surface area contributed by atoms with Crippen LogP contribution in [-0.2, 0) is 10.0 Å². The number of sulfonamides is 1. The minimum atomic E-state index is -3.65. The van der Waals surface area contributed by atoms with Gasteiger partial charge >= 0.3 is 0 Å². The van der Waals surface area contributed by atoms with Gasteiger partial charge in [-0.2, -0.15) is 0 Å². The van der Waals surface area contributed by atoms with E-state index >= 15 is 0 Å². The lowest BCUT2D eigenvalue weighted by molar-refractivity contribution is 0.397. The van der Waals surface area contributed by atoms with E-state index in [9.17, 15) is 8.42 Å². The minimum absolute atomic E-state index is 0.0825. The highest BCUT2D eigenvalue weighted by Crippen LogP contribution is 2.26. The van der Waals surface area contributed by atoms with Crippen LogP contribution < -0.4 is 9.46 Å². The predicted octanol–water partition coefficient (Wildman–Crippen LogP) is 1.96. The molecule has 0 radical (unpaired) electrons. The molecule has 0 aliphatic heterocycles. The molecule has 0 atom stereocenters. The maximum absolute atomic E-state index is 12.1. The van der Waals surface area contributed by atoms with Gasteiger partial charge < -0.3 is 4.74 Å². The van der Waals surface area contributed by atoms with E-state index in [4.69, 9.17) is 4.74 Å². The molecule has 2 rings (SSSR count). The smallest absolute Gasteiger partial charge is 0.272 e. The van der Waals surface area contributed by atoms with Crippen molar-refractivity contribution >= 4 is 27.2 Å². The fourth-order valence-electron chi connectivity index (χ4n) is 1.40. The fourth-order valence-corrected chi connectivity index (χ4v) is 3.69. The number of nitrogens with zero attached hydrogens (tertiary/aromatic N) is 2. The molecule has 0 saturated heterocycles. The Labute approximate surface area is 115 Å². The molecule has 0 bridgehead atoms. The Kier molecular flexibility index (Phi) is 3.72. The summed E-state index contributed by atoms with van der Waals surface area (Å²) < 4.78 is 31.9. The molecule has 19 heavy (non-hydrogen) atoms. The van der Waals surface area contributed by atoms with Crippen molar-refractivity contribution in [3.05, 3.63) is 28.9 Å². The summed E-state index contributed by atoms with van der Waals surface area (Å²) in [5, 5.41) is 0. The number of hydrogen-bond donors (Lipinski definition) is 1. The molecule has 0 aliphatic rings. The van der Waals surface area contributed by atoms with Gasteiger partial charge in [-0.05, 0) is 26.0 Å². The van der Waals surface area contributed by atoms with Gasteiger partial charge in [0.2, 0.25) is 5.82 Å². The van der Waals surface area contributed by atoms with Gasteiger partial charge in [0.05, 0.1) is 19.0 Å². The van der Waals surface area contributed by atoms with Crippen LogP contribution in [0, 0.1) is 13.8 Å². The van der Waals surface area contributed by atoms with Gasteiger partial charge in [-0.1, -0.05) is 0 Å². The Morgan fingerprint density at radius 2 is 2.05 bits per heavy atom. The van der Waals surface area contributed by atoms with Gasteiger partial charge in [0.1, 0.15) is 4.21 Å². The lowest BCUT2D eigenvalue weighted by Crippen LogP contribution is -2.14. The molecule has 102 valence electrons. The van der Waals surface area contributed by atoms with E-state index in [-0.39, 0.29) is 15.9 Å².